The molecule has 3 heteroatoms. The zero-order valence-electron chi connectivity index (χ0n) is 10.8. The first kappa shape index (κ1) is 13.7. The molecule has 2 nitrogen and oxygen atoms in total. The average Bonchev–Trinajstić information content (AvgIpc) is 2.66. The number of aryl methyl sites for hydroxylation is 2. The molecule has 1 unspecified atom stereocenters. The Morgan fingerprint density at radius 1 is 1.25 bits per heavy atom. The van der Waals surface area contributed by atoms with Gasteiger partial charge in [0.2, 0.25) is 0 Å². The highest BCUT2D eigenvalue weighted by molar-refractivity contribution is 7.11. The maximum atomic E-state index is 6.16. The van der Waals surface area contributed by atoms with E-state index in [4.69, 9.17) is 5.73 Å². The van der Waals surface area contributed by atoms with Crippen LogP contribution in [0.2, 0.25) is 0 Å². The van der Waals surface area contributed by atoms with Crippen LogP contribution >= 0.6 is 11.3 Å². The van der Waals surface area contributed by atoms with Crippen LogP contribution in [0.25, 0.3) is 0 Å². The van der Waals surface area contributed by atoms with Crippen molar-refractivity contribution < 1.29 is 0 Å². The maximum absolute atomic E-state index is 6.16. The number of hydrogen-bond acceptors (Lipinski definition) is 3. The Balaban J connectivity index is 2.43. The van der Waals surface area contributed by atoms with Crippen LogP contribution in [0.3, 0.4) is 0 Å². The van der Waals surface area contributed by atoms with Gasteiger partial charge in [-0.15, -0.1) is 11.3 Å². The van der Waals surface area contributed by atoms with E-state index in [0.29, 0.717) is 0 Å². The molecule has 1 atom stereocenters. The number of unbranched alkanes of at least 4 members (excludes halogenated alkanes) is 3. The average molecular weight is 240 g/mol. The molecule has 16 heavy (non-hydrogen) atoms. The third-order valence-corrected chi connectivity index (χ3v) is 4.07. The molecule has 0 radical (unpaired) electrons. The molecule has 0 amide bonds. The molecule has 0 spiro atoms. The second kappa shape index (κ2) is 7.02. The Bertz CT molecular complexity index is 307. The summed E-state index contributed by atoms with van der Waals surface area (Å²) in [4.78, 5) is 5.96. The van der Waals surface area contributed by atoms with E-state index in [0.717, 1.165) is 17.8 Å². The monoisotopic (exact) mass is 240 g/mol. The third-order valence-electron chi connectivity index (χ3n) is 2.93. The minimum absolute atomic E-state index is 0.154. The first-order chi connectivity index (χ1) is 7.69. The molecule has 0 saturated carbocycles. The fourth-order valence-corrected chi connectivity index (χ4v) is 2.90. The van der Waals surface area contributed by atoms with E-state index in [2.05, 4.69) is 25.8 Å². The molecule has 0 aliphatic heterocycles. The van der Waals surface area contributed by atoms with Crippen LogP contribution < -0.4 is 5.73 Å². The molecule has 0 saturated heterocycles. The first-order valence-corrected chi connectivity index (χ1v) is 7.22. The van der Waals surface area contributed by atoms with E-state index in [1.165, 1.54) is 36.3 Å². The second-order valence-corrected chi connectivity index (χ2v) is 5.60. The fraction of sp³-hybridized carbons (Fsp3) is 0.769. The maximum Gasteiger partial charge on any atom is 0.110 e. The molecular formula is C13H24N2S. The van der Waals surface area contributed by atoms with E-state index in [-0.39, 0.29) is 6.04 Å². The van der Waals surface area contributed by atoms with Gasteiger partial charge in [-0.05, 0) is 19.8 Å². The van der Waals surface area contributed by atoms with Crippen molar-refractivity contribution in [3.8, 4) is 0 Å². The van der Waals surface area contributed by atoms with Gasteiger partial charge in [-0.1, -0.05) is 39.5 Å². The normalized spacial score (nSPS) is 13.0. The quantitative estimate of drug-likeness (QED) is 0.732. The summed E-state index contributed by atoms with van der Waals surface area (Å²) < 4.78 is 0. The summed E-state index contributed by atoms with van der Waals surface area (Å²) in [6.45, 7) is 6.53. The number of hydrogen-bond donors (Lipinski definition) is 1. The van der Waals surface area contributed by atoms with Crippen molar-refractivity contribution in [1.82, 2.24) is 4.98 Å². The van der Waals surface area contributed by atoms with Crippen LogP contribution in [-0.2, 0) is 6.42 Å². The van der Waals surface area contributed by atoms with Gasteiger partial charge in [-0.3, -0.25) is 0 Å². The van der Waals surface area contributed by atoms with Crippen molar-refractivity contribution in [2.75, 3.05) is 0 Å². The van der Waals surface area contributed by atoms with Crippen molar-refractivity contribution in [1.29, 1.82) is 0 Å². The molecule has 0 aliphatic carbocycles. The molecule has 1 rings (SSSR count). The summed E-state index contributed by atoms with van der Waals surface area (Å²) in [6, 6.07) is 0.154. The highest BCUT2D eigenvalue weighted by atomic mass is 32.1. The van der Waals surface area contributed by atoms with E-state index >= 15 is 0 Å². The zero-order chi connectivity index (χ0) is 12.0. The Morgan fingerprint density at radius 2 is 2.00 bits per heavy atom. The SMILES string of the molecule is CCCCCCC(N)c1nc(CC)c(C)s1. The van der Waals surface area contributed by atoms with Crippen molar-refractivity contribution in [3.63, 3.8) is 0 Å². The van der Waals surface area contributed by atoms with Crippen molar-refractivity contribution >= 4 is 11.3 Å². The molecule has 0 fully saturated rings. The van der Waals surface area contributed by atoms with E-state index < -0.39 is 0 Å². The van der Waals surface area contributed by atoms with Crippen LogP contribution in [0.15, 0.2) is 0 Å². The Labute approximate surface area is 103 Å². The Morgan fingerprint density at radius 3 is 2.56 bits per heavy atom. The smallest absolute Gasteiger partial charge is 0.110 e. The fourth-order valence-electron chi connectivity index (χ4n) is 1.85. The first-order valence-electron chi connectivity index (χ1n) is 6.40. The summed E-state index contributed by atoms with van der Waals surface area (Å²) in [5, 5.41) is 1.13. The van der Waals surface area contributed by atoms with Gasteiger partial charge in [-0.25, -0.2) is 4.98 Å². The molecular weight excluding hydrogens is 216 g/mol. The predicted molar refractivity (Wildman–Crippen MR) is 71.9 cm³/mol. The van der Waals surface area contributed by atoms with Crippen molar-refractivity contribution in [2.24, 2.45) is 5.73 Å². The minimum Gasteiger partial charge on any atom is -0.322 e. The van der Waals surface area contributed by atoms with E-state index in [1.54, 1.807) is 11.3 Å². The van der Waals surface area contributed by atoms with Crippen LogP contribution in [0.4, 0.5) is 0 Å². The van der Waals surface area contributed by atoms with Gasteiger partial charge in [0.1, 0.15) is 5.01 Å². The molecule has 1 aromatic rings. The lowest BCUT2D eigenvalue weighted by Crippen LogP contribution is -2.09. The van der Waals surface area contributed by atoms with Crippen LogP contribution in [-0.4, -0.2) is 4.98 Å². The van der Waals surface area contributed by atoms with Gasteiger partial charge >= 0.3 is 0 Å². The highest BCUT2D eigenvalue weighted by Gasteiger charge is 2.12. The zero-order valence-corrected chi connectivity index (χ0v) is 11.6. The summed E-state index contributed by atoms with van der Waals surface area (Å²) in [5.74, 6) is 0. The van der Waals surface area contributed by atoms with Gasteiger partial charge in [0.05, 0.1) is 11.7 Å². The summed E-state index contributed by atoms with van der Waals surface area (Å²) in [7, 11) is 0. The molecule has 1 heterocycles. The standard InChI is InChI=1S/C13H24N2S/c1-4-6-7-8-9-11(14)13-15-12(5-2)10(3)16-13/h11H,4-9,14H2,1-3H3. The lowest BCUT2D eigenvalue weighted by atomic mass is 10.1. The van der Waals surface area contributed by atoms with Crippen LogP contribution in [0.5, 0.6) is 0 Å². The molecule has 1 aromatic heterocycles. The molecule has 0 aromatic carbocycles. The Kier molecular flexibility index (Phi) is 5.99. The number of aromatic nitrogens is 1. The van der Waals surface area contributed by atoms with E-state index in [1.807, 2.05) is 0 Å². The summed E-state index contributed by atoms with van der Waals surface area (Å²) in [5.41, 5.74) is 7.39. The number of rotatable bonds is 7. The molecule has 92 valence electrons. The van der Waals surface area contributed by atoms with Crippen molar-refractivity contribution in [2.45, 2.75) is 65.3 Å². The highest BCUT2D eigenvalue weighted by Crippen LogP contribution is 2.25. The van der Waals surface area contributed by atoms with Gasteiger partial charge < -0.3 is 5.73 Å². The summed E-state index contributed by atoms with van der Waals surface area (Å²) >= 11 is 1.77. The lowest BCUT2D eigenvalue weighted by Gasteiger charge is -2.07. The molecule has 2 N–H and O–H groups in total. The van der Waals surface area contributed by atoms with Crippen LogP contribution in [0.1, 0.15) is 67.6 Å². The van der Waals surface area contributed by atoms with E-state index in [9.17, 15) is 0 Å². The number of nitrogens with two attached hydrogens (primary N) is 1. The Hall–Kier alpha value is -0.410. The molecule has 0 aliphatic rings. The third kappa shape index (κ3) is 3.87. The van der Waals surface area contributed by atoms with Gasteiger partial charge in [-0.2, -0.15) is 0 Å². The second-order valence-electron chi connectivity index (χ2n) is 4.36. The molecule has 0 bridgehead atoms. The van der Waals surface area contributed by atoms with Gasteiger partial charge in [0.15, 0.2) is 0 Å². The topological polar surface area (TPSA) is 38.9 Å². The number of thiazole rings is 1. The predicted octanol–water partition coefficient (Wildman–Crippen LogP) is 3.98. The van der Waals surface area contributed by atoms with Gasteiger partial charge in [0, 0.05) is 4.88 Å². The lowest BCUT2D eigenvalue weighted by molar-refractivity contribution is 0.563. The summed E-state index contributed by atoms with van der Waals surface area (Å²) in [6.07, 6.45) is 7.24. The number of nitrogens with zero attached hydrogens (tertiary/aromatic N) is 1. The van der Waals surface area contributed by atoms with Gasteiger partial charge in [0.25, 0.3) is 0 Å². The largest absolute Gasteiger partial charge is 0.322 e. The minimum atomic E-state index is 0.154. The van der Waals surface area contributed by atoms with Crippen LogP contribution in [0, 0.1) is 6.92 Å². The van der Waals surface area contributed by atoms with Crippen molar-refractivity contribution in [3.05, 3.63) is 15.6 Å².